The lowest BCUT2D eigenvalue weighted by atomic mass is 10.0. The zero-order chi connectivity index (χ0) is 17.8. The van der Waals surface area contributed by atoms with E-state index in [9.17, 15) is 13.2 Å². The van der Waals surface area contributed by atoms with Gasteiger partial charge in [-0.2, -0.15) is 0 Å². The summed E-state index contributed by atoms with van der Waals surface area (Å²) in [6.07, 6.45) is 1.67. The third kappa shape index (κ3) is 5.01. The maximum absolute atomic E-state index is 12.2. The minimum Gasteiger partial charge on any atom is -0.347 e. The van der Waals surface area contributed by atoms with Crippen LogP contribution in [0.1, 0.15) is 18.4 Å². The molecular formula is C17H24N2O5S. The van der Waals surface area contributed by atoms with E-state index in [4.69, 9.17) is 9.47 Å². The van der Waals surface area contributed by atoms with Gasteiger partial charge in [-0.25, -0.2) is 13.1 Å². The summed E-state index contributed by atoms with van der Waals surface area (Å²) in [6, 6.07) is 9.41. The van der Waals surface area contributed by atoms with Crippen LogP contribution in [0.25, 0.3) is 0 Å². The third-order valence-electron chi connectivity index (χ3n) is 4.64. The third-order valence-corrected chi connectivity index (χ3v) is 5.96. The van der Waals surface area contributed by atoms with Crippen molar-refractivity contribution in [2.75, 3.05) is 38.6 Å². The number of sulfonamides is 1. The molecule has 2 aliphatic rings. The summed E-state index contributed by atoms with van der Waals surface area (Å²) in [5, 5.41) is 0. The number of hydrogen-bond acceptors (Lipinski definition) is 5. The first kappa shape index (κ1) is 18.3. The number of carbonyl (C=O) groups excluding carboxylic acids is 1. The molecule has 8 heteroatoms. The van der Waals surface area contributed by atoms with E-state index in [-0.39, 0.29) is 18.2 Å². The molecule has 2 aliphatic heterocycles. The van der Waals surface area contributed by atoms with E-state index in [0.29, 0.717) is 45.6 Å². The molecule has 0 unspecified atom stereocenters. The van der Waals surface area contributed by atoms with Crippen molar-refractivity contribution < 1.29 is 22.7 Å². The first-order valence-corrected chi connectivity index (χ1v) is 10.2. The van der Waals surface area contributed by atoms with Crippen LogP contribution in [-0.2, 0) is 30.7 Å². The van der Waals surface area contributed by atoms with Crippen molar-refractivity contribution in [2.45, 2.75) is 25.0 Å². The highest BCUT2D eigenvalue weighted by molar-refractivity contribution is 7.89. The van der Waals surface area contributed by atoms with Crippen LogP contribution in [0.3, 0.4) is 0 Å². The first-order chi connectivity index (χ1) is 12.0. The van der Waals surface area contributed by atoms with Gasteiger partial charge in [0.05, 0.1) is 25.5 Å². The Balaban J connectivity index is 1.42. The molecule has 138 valence electrons. The largest absolute Gasteiger partial charge is 0.347 e. The van der Waals surface area contributed by atoms with Crippen molar-refractivity contribution in [3.8, 4) is 0 Å². The van der Waals surface area contributed by atoms with Crippen molar-refractivity contribution in [1.82, 2.24) is 9.62 Å². The van der Waals surface area contributed by atoms with Crippen LogP contribution in [0.15, 0.2) is 30.3 Å². The van der Waals surface area contributed by atoms with E-state index < -0.39 is 15.8 Å². The van der Waals surface area contributed by atoms with Crippen molar-refractivity contribution in [1.29, 1.82) is 0 Å². The average Bonchev–Trinajstić information content (AvgIpc) is 3.08. The zero-order valence-corrected chi connectivity index (χ0v) is 15.0. The van der Waals surface area contributed by atoms with Gasteiger partial charge in [0.25, 0.3) is 0 Å². The van der Waals surface area contributed by atoms with Crippen molar-refractivity contribution in [3.63, 3.8) is 0 Å². The smallest absolute Gasteiger partial charge is 0.237 e. The number of rotatable bonds is 6. The number of aryl methyl sites for hydroxylation is 1. The van der Waals surface area contributed by atoms with Crippen molar-refractivity contribution >= 4 is 15.9 Å². The summed E-state index contributed by atoms with van der Waals surface area (Å²) >= 11 is 0. The van der Waals surface area contributed by atoms with E-state index >= 15 is 0 Å². The van der Waals surface area contributed by atoms with Crippen LogP contribution in [0.2, 0.25) is 0 Å². The minimum absolute atomic E-state index is 0.0327. The fourth-order valence-corrected chi connectivity index (χ4v) is 4.13. The number of carbonyl (C=O) groups is 1. The number of piperidine rings is 1. The summed E-state index contributed by atoms with van der Waals surface area (Å²) in [6.45, 7) is 2.02. The molecule has 0 bridgehead atoms. The lowest BCUT2D eigenvalue weighted by Crippen LogP contribution is -2.49. The van der Waals surface area contributed by atoms with Crippen molar-refractivity contribution in [2.24, 2.45) is 0 Å². The molecule has 0 atom stereocenters. The highest BCUT2D eigenvalue weighted by Crippen LogP contribution is 2.31. The second kappa shape index (κ2) is 7.82. The number of nitrogens with zero attached hydrogens (tertiary/aromatic N) is 1. The molecule has 3 rings (SSSR count). The Labute approximate surface area is 148 Å². The number of likely N-dealkylation sites (tertiary alicyclic amines) is 1. The number of amides is 1. The van der Waals surface area contributed by atoms with E-state index in [2.05, 4.69) is 4.72 Å². The number of benzene rings is 1. The van der Waals surface area contributed by atoms with Gasteiger partial charge in [0.15, 0.2) is 5.79 Å². The number of nitrogens with one attached hydrogen (secondary N) is 1. The van der Waals surface area contributed by atoms with Gasteiger partial charge in [0.1, 0.15) is 0 Å². The molecule has 0 aromatic heterocycles. The van der Waals surface area contributed by atoms with Gasteiger partial charge in [0, 0.05) is 25.9 Å². The molecule has 2 heterocycles. The topological polar surface area (TPSA) is 84.9 Å². The van der Waals surface area contributed by atoms with Gasteiger partial charge in [-0.05, 0) is 12.0 Å². The Morgan fingerprint density at radius 3 is 2.40 bits per heavy atom. The molecule has 1 N–H and O–H groups in total. The van der Waals surface area contributed by atoms with Crippen LogP contribution >= 0.6 is 0 Å². The summed E-state index contributed by atoms with van der Waals surface area (Å²) in [7, 11) is -3.48. The van der Waals surface area contributed by atoms with Gasteiger partial charge >= 0.3 is 0 Å². The molecule has 1 amide bonds. The fourth-order valence-electron chi connectivity index (χ4n) is 3.14. The maximum atomic E-state index is 12.2. The predicted octanol–water partition coefficient (Wildman–Crippen LogP) is 0.514. The second-order valence-corrected chi connectivity index (χ2v) is 8.29. The normalized spacial score (nSPS) is 20.1. The van der Waals surface area contributed by atoms with E-state index in [1.165, 1.54) is 0 Å². The van der Waals surface area contributed by atoms with Gasteiger partial charge in [-0.3, -0.25) is 4.79 Å². The van der Waals surface area contributed by atoms with Gasteiger partial charge in [-0.15, -0.1) is 0 Å². The lowest BCUT2D eigenvalue weighted by molar-refractivity contribution is -0.187. The number of hydrogen-bond donors (Lipinski definition) is 1. The Morgan fingerprint density at radius 1 is 1.12 bits per heavy atom. The van der Waals surface area contributed by atoms with E-state index in [1.807, 2.05) is 30.3 Å². The summed E-state index contributed by atoms with van der Waals surface area (Å²) in [4.78, 5) is 13.9. The van der Waals surface area contributed by atoms with Gasteiger partial charge < -0.3 is 14.4 Å². The number of ether oxygens (including phenoxy) is 2. The summed E-state index contributed by atoms with van der Waals surface area (Å²) in [5.74, 6) is -0.780. The summed E-state index contributed by atoms with van der Waals surface area (Å²) < 4.78 is 37.8. The highest BCUT2D eigenvalue weighted by Gasteiger charge is 2.40. The van der Waals surface area contributed by atoms with Crippen LogP contribution in [0.4, 0.5) is 0 Å². The maximum Gasteiger partial charge on any atom is 0.237 e. The molecule has 1 aromatic carbocycles. The SMILES string of the molecule is O=C(CNS(=O)(=O)CCc1ccccc1)N1CCC2(CC1)OCCO2. The molecule has 1 aromatic rings. The summed E-state index contributed by atoms with van der Waals surface area (Å²) in [5.41, 5.74) is 0.956. The standard InChI is InChI=1S/C17H24N2O5S/c20-16(19-9-7-17(8-10-19)23-11-12-24-17)14-18-25(21,22)13-6-15-4-2-1-3-5-15/h1-5,18H,6-14H2. The van der Waals surface area contributed by atoms with Gasteiger partial charge in [-0.1, -0.05) is 30.3 Å². The Hall–Kier alpha value is -1.48. The Morgan fingerprint density at radius 2 is 1.76 bits per heavy atom. The second-order valence-electron chi connectivity index (χ2n) is 6.36. The molecule has 0 radical (unpaired) electrons. The molecule has 2 saturated heterocycles. The van der Waals surface area contributed by atoms with Crippen LogP contribution in [0, 0.1) is 0 Å². The highest BCUT2D eigenvalue weighted by atomic mass is 32.2. The molecule has 1 spiro atoms. The minimum atomic E-state index is -3.48. The first-order valence-electron chi connectivity index (χ1n) is 8.55. The molecular weight excluding hydrogens is 344 g/mol. The lowest BCUT2D eigenvalue weighted by Gasteiger charge is -2.37. The molecule has 25 heavy (non-hydrogen) atoms. The zero-order valence-electron chi connectivity index (χ0n) is 14.1. The predicted molar refractivity (Wildman–Crippen MR) is 92.4 cm³/mol. The van der Waals surface area contributed by atoms with E-state index in [1.54, 1.807) is 4.90 Å². The average molecular weight is 368 g/mol. The fraction of sp³-hybridized carbons (Fsp3) is 0.588. The quantitative estimate of drug-likeness (QED) is 0.791. The van der Waals surface area contributed by atoms with Crippen LogP contribution in [-0.4, -0.2) is 63.6 Å². The van der Waals surface area contributed by atoms with E-state index in [0.717, 1.165) is 5.56 Å². The Kier molecular flexibility index (Phi) is 5.73. The van der Waals surface area contributed by atoms with Crippen LogP contribution < -0.4 is 4.72 Å². The molecule has 2 fully saturated rings. The van der Waals surface area contributed by atoms with Crippen molar-refractivity contribution in [3.05, 3.63) is 35.9 Å². The van der Waals surface area contributed by atoms with Gasteiger partial charge in [0.2, 0.25) is 15.9 Å². The Bertz CT molecular complexity index is 676. The molecule has 0 aliphatic carbocycles. The van der Waals surface area contributed by atoms with Crippen LogP contribution in [0.5, 0.6) is 0 Å². The molecule has 7 nitrogen and oxygen atoms in total. The monoisotopic (exact) mass is 368 g/mol. The molecule has 0 saturated carbocycles.